The van der Waals surface area contributed by atoms with Crippen molar-refractivity contribution in [2.24, 2.45) is 0 Å². The van der Waals surface area contributed by atoms with Crippen molar-refractivity contribution >= 4 is 15.9 Å². The predicted molar refractivity (Wildman–Crippen MR) is 48.9 cm³/mol. The second-order valence-corrected chi connectivity index (χ2v) is 3.68. The average Bonchev–Trinajstić information content (AvgIpc) is 2.54. The fourth-order valence-corrected chi connectivity index (χ4v) is 1.78. The standard InChI is InChI=1S/C7H11BrN4/c8-7-10-5-12(11-7)6-1-3-9-4-2-6/h5-6,9H,1-4H2. The average molecular weight is 231 g/mol. The highest BCUT2D eigenvalue weighted by molar-refractivity contribution is 9.10. The van der Waals surface area contributed by atoms with Gasteiger partial charge in [0.25, 0.3) is 0 Å². The van der Waals surface area contributed by atoms with Crippen molar-refractivity contribution in [3.05, 3.63) is 11.1 Å². The molecule has 1 saturated heterocycles. The Labute approximate surface area is 79.5 Å². The maximum Gasteiger partial charge on any atom is 0.217 e. The minimum absolute atomic E-state index is 0.532. The van der Waals surface area contributed by atoms with E-state index >= 15 is 0 Å². The molecule has 0 amide bonds. The van der Waals surface area contributed by atoms with E-state index in [1.807, 2.05) is 4.68 Å². The normalized spacial score (nSPS) is 19.8. The van der Waals surface area contributed by atoms with Crippen molar-refractivity contribution in [3.63, 3.8) is 0 Å². The third kappa shape index (κ3) is 1.67. The molecule has 1 aromatic rings. The van der Waals surface area contributed by atoms with Gasteiger partial charge in [-0.05, 0) is 41.9 Å². The Balaban J connectivity index is 2.08. The summed E-state index contributed by atoms with van der Waals surface area (Å²) in [6, 6.07) is 0.532. The molecule has 66 valence electrons. The second kappa shape index (κ2) is 3.53. The van der Waals surface area contributed by atoms with E-state index in [0.717, 1.165) is 25.9 Å². The van der Waals surface area contributed by atoms with Crippen LogP contribution in [0.3, 0.4) is 0 Å². The zero-order chi connectivity index (χ0) is 8.39. The number of hydrogen-bond acceptors (Lipinski definition) is 3. The van der Waals surface area contributed by atoms with Gasteiger partial charge in [-0.25, -0.2) is 9.67 Å². The Morgan fingerprint density at radius 1 is 1.50 bits per heavy atom. The van der Waals surface area contributed by atoms with E-state index in [-0.39, 0.29) is 0 Å². The molecule has 0 unspecified atom stereocenters. The molecule has 0 bridgehead atoms. The van der Waals surface area contributed by atoms with Crippen LogP contribution in [0, 0.1) is 0 Å². The lowest BCUT2D eigenvalue weighted by Crippen LogP contribution is -2.29. The van der Waals surface area contributed by atoms with Gasteiger partial charge in [-0.15, -0.1) is 5.10 Å². The summed E-state index contributed by atoms with van der Waals surface area (Å²) in [6.45, 7) is 2.17. The SMILES string of the molecule is Brc1ncn(C2CCNCC2)n1. The maximum absolute atomic E-state index is 4.23. The van der Waals surface area contributed by atoms with Crippen molar-refractivity contribution in [3.8, 4) is 0 Å². The van der Waals surface area contributed by atoms with Crippen LogP contribution in [0.15, 0.2) is 11.1 Å². The lowest BCUT2D eigenvalue weighted by molar-refractivity contribution is 0.342. The van der Waals surface area contributed by atoms with Crippen LogP contribution in [-0.2, 0) is 0 Å². The fourth-order valence-electron chi connectivity index (χ4n) is 1.50. The number of aromatic nitrogens is 3. The Hall–Kier alpha value is -0.420. The first-order valence-corrected chi connectivity index (χ1v) is 4.93. The topological polar surface area (TPSA) is 42.7 Å². The van der Waals surface area contributed by atoms with Gasteiger partial charge in [-0.1, -0.05) is 0 Å². The van der Waals surface area contributed by atoms with Crippen LogP contribution in [0.25, 0.3) is 0 Å². The summed E-state index contributed by atoms with van der Waals surface area (Å²) < 4.78 is 2.63. The second-order valence-electron chi connectivity index (χ2n) is 2.97. The van der Waals surface area contributed by atoms with E-state index in [4.69, 9.17) is 0 Å². The molecule has 0 saturated carbocycles. The van der Waals surface area contributed by atoms with Crippen LogP contribution in [-0.4, -0.2) is 27.9 Å². The van der Waals surface area contributed by atoms with Crippen molar-refractivity contribution in [1.82, 2.24) is 20.1 Å². The molecular weight excluding hydrogens is 220 g/mol. The minimum atomic E-state index is 0.532. The molecule has 1 aliphatic rings. The first-order chi connectivity index (χ1) is 5.86. The number of rotatable bonds is 1. The molecule has 1 N–H and O–H groups in total. The van der Waals surface area contributed by atoms with Gasteiger partial charge in [0.1, 0.15) is 6.33 Å². The molecule has 4 nitrogen and oxygen atoms in total. The van der Waals surface area contributed by atoms with E-state index < -0.39 is 0 Å². The number of nitrogens with zero attached hydrogens (tertiary/aromatic N) is 3. The van der Waals surface area contributed by atoms with E-state index in [1.54, 1.807) is 6.33 Å². The Kier molecular flexibility index (Phi) is 2.41. The van der Waals surface area contributed by atoms with Crippen LogP contribution in [0.5, 0.6) is 0 Å². The summed E-state index contributed by atoms with van der Waals surface area (Å²) in [5.74, 6) is 0. The van der Waals surface area contributed by atoms with Crippen molar-refractivity contribution in [2.45, 2.75) is 18.9 Å². The summed E-state index contributed by atoms with van der Waals surface area (Å²) in [5, 5.41) is 7.55. The first-order valence-electron chi connectivity index (χ1n) is 4.13. The van der Waals surface area contributed by atoms with Gasteiger partial charge in [0, 0.05) is 0 Å². The quantitative estimate of drug-likeness (QED) is 0.782. The zero-order valence-electron chi connectivity index (χ0n) is 6.70. The van der Waals surface area contributed by atoms with Gasteiger partial charge in [-0.3, -0.25) is 0 Å². The number of hydrogen-bond donors (Lipinski definition) is 1. The summed E-state index contributed by atoms with van der Waals surface area (Å²) in [5.41, 5.74) is 0. The lowest BCUT2D eigenvalue weighted by atomic mass is 10.1. The molecule has 2 rings (SSSR count). The highest BCUT2D eigenvalue weighted by Gasteiger charge is 2.15. The maximum atomic E-state index is 4.23. The van der Waals surface area contributed by atoms with Crippen LogP contribution in [0.1, 0.15) is 18.9 Å². The van der Waals surface area contributed by atoms with Gasteiger partial charge >= 0.3 is 0 Å². The molecule has 0 spiro atoms. The van der Waals surface area contributed by atoms with Crippen LogP contribution >= 0.6 is 15.9 Å². The van der Waals surface area contributed by atoms with Crippen molar-refractivity contribution < 1.29 is 0 Å². The summed E-state index contributed by atoms with van der Waals surface area (Å²) >= 11 is 3.24. The molecule has 1 aromatic heterocycles. The molecule has 1 aliphatic heterocycles. The van der Waals surface area contributed by atoms with Gasteiger partial charge < -0.3 is 5.32 Å². The van der Waals surface area contributed by atoms with E-state index in [9.17, 15) is 0 Å². The van der Waals surface area contributed by atoms with Crippen LogP contribution < -0.4 is 5.32 Å². The molecule has 2 heterocycles. The minimum Gasteiger partial charge on any atom is -0.317 e. The Morgan fingerprint density at radius 2 is 2.25 bits per heavy atom. The third-order valence-electron chi connectivity index (χ3n) is 2.16. The molecule has 0 atom stereocenters. The fraction of sp³-hybridized carbons (Fsp3) is 0.714. The first kappa shape index (κ1) is 8.19. The monoisotopic (exact) mass is 230 g/mol. The summed E-state index contributed by atoms with van der Waals surface area (Å²) in [7, 11) is 0. The van der Waals surface area contributed by atoms with E-state index in [0.29, 0.717) is 10.8 Å². The molecule has 0 radical (unpaired) electrons. The van der Waals surface area contributed by atoms with E-state index in [2.05, 4.69) is 31.3 Å². The van der Waals surface area contributed by atoms with Crippen molar-refractivity contribution in [1.29, 1.82) is 0 Å². The molecule has 0 aromatic carbocycles. The predicted octanol–water partition coefficient (Wildman–Crippen LogP) is 0.965. The van der Waals surface area contributed by atoms with E-state index in [1.165, 1.54) is 0 Å². The van der Waals surface area contributed by atoms with Gasteiger partial charge in [0.15, 0.2) is 0 Å². The molecule has 1 fully saturated rings. The van der Waals surface area contributed by atoms with Gasteiger partial charge in [0.2, 0.25) is 4.73 Å². The molecule has 5 heteroatoms. The van der Waals surface area contributed by atoms with Crippen LogP contribution in [0.2, 0.25) is 0 Å². The molecule has 12 heavy (non-hydrogen) atoms. The third-order valence-corrected chi connectivity index (χ3v) is 2.53. The number of halogens is 1. The van der Waals surface area contributed by atoms with Crippen molar-refractivity contribution in [2.75, 3.05) is 13.1 Å². The number of nitrogens with one attached hydrogen (secondary N) is 1. The lowest BCUT2D eigenvalue weighted by Gasteiger charge is -2.22. The van der Waals surface area contributed by atoms with Gasteiger partial charge in [0.05, 0.1) is 6.04 Å². The Bertz CT molecular complexity index is 254. The Morgan fingerprint density at radius 3 is 2.83 bits per heavy atom. The molecular formula is C7H11BrN4. The zero-order valence-corrected chi connectivity index (χ0v) is 8.29. The summed E-state index contributed by atoms with van der Waals surface area (Å²) in [4.78, 5) is 4.04. The largest absolute Gasteiger partial charge is 0.317 e. The van der Waals surface area contributed by atoms with Crippen LogP contribution in [0.4, 0.5) is 0 Å². The molecule has 0 aliphatic carbocycles. The summed E-state index contributed by atoms with van der Waals surface area (Å²) in [6.07, 6.45) is 4.09. The highest BCUT2D eigenvalue weighted by atomic mass is 79.9. The van der Waals surface area contributed by atoms with Gasteiger partial charge in [-0.2, -0.15) is 0 Å². The number of piperidine rings is 1. The highest BCUT2D eigenvalue weighted by Crippen LogP contribution is 2.17. The smallest absolute Gasteiger partial charge is 0.217 e.